The van der Waals surface area contributed by atoms with Crippen molar-refractivity contribution in [2.24, 2.45) is 0 Å². The smallest absolute Gasteiger partial charge is 0.244 e. The lowest BCUT2D eigenvalue weighted by molar-refractivity contribution is -0.141. The van der Waals surface area contributed by atoms with E-state index < -0.39 is 34.1 Å². The quantitative estimate of drug-likeness (QED) is 0.520. The van der Waals surface area contributed by atoms with Crippen molar-refractivity contribution in [1.82, 2.24) is 10.2 Å². The molecule has 0 fully saturated rings. The van der Waals surface area contributed by atoms with Crippen LogP contribution in [-0.4, -0.2) is 49.5 Å². The van der Waals surface area contributed by atoms with E-state index in [-0.39, 0.29) is 28.2 Å². The van der Waals surface area contributed by atoms with E-state index >= 15 is 0 Å². The van der Waals surface area contributed by atoms with E-state index in [0.717, 1.165) is 16.1 Å². The Hall–Kier alpha value is -2.29. The van der Waals surface area contributed by atoms with Crippen LogP contribution < -0.4 is 9.62 Å². The van der Waals surface area contributed by atoms with Gasteiger partial charge in [0.1, 0.15) is 12.6 Å². The minimum atomic E-state index is -3.87. The maximum atomic E-state index is 13.6. The van der Waals surface area contributed by atoms with E-state index in [4.69, 9.17) is 23.2 Å². The zero-order valence-corrected chi connectivity index (χ0v) is 22.3. The van der Waals surface area contributed by atoms with Gasteiger partial charge >= 0.3 is 0 Å². The number of benzene rings is 2. The molecule has 2 amide bonds. The number of anilines is 1. The van der Waals surface area contributed by atoms with E-state index in [1.807, 2.05) is 58.0 Å². The average molecular weight is 529 g/mol. The van der Waals surface area contributed by atoms with Crippen molar-refractivity contribution in [3.63, 3.8) is 0 Å². The van der Waals surface area contributed by atoms with Crippen LogP contribution in [0, 0.1) is 0 Å². The second kappa shape index (κ2) is 11.4. The number of rotatable bonds is 9. The lowest BCUT2D eigenvalue weighted by Gasteiger charge is -2.34. The van der Waals surface area contributed by atoms with Gasteiger partial charge in [-0.3, -0.25) is 13.9 Å². The number of carbonyl (C=O) groups excluding carboxylic acids is 2. The van der Waals surface area contributed by atoms with Gasteiger partial charge in [-0.1, -0.05) is 60.5 Å². The summed E-state index contributed by atoms with van der Waals surface area (Å²) < 4.78 is 26.2. The second-order valence-electron chi connectivity index (χ2n) is 9.07. The Balaban J connectivity index is 2.46. The lowest BCUT2D eigenvalue weighted by Crippen LogP contribution is -2.55. The summed E-state index contributed by atoms with van der Waals surface area (Å²) in [6.45, 7) is 7.01. The molecular formula is C24H31Cl2N3O4S. The molecule has 2 aromatic rings. The summed E-state index contributed by atoms with van der Waals surface area (Å²) in [4.78, 5) is 28.1. The van der Waals surface area contributed by atoms with Crippen molar-refractivity contribution in [3.05, 3.63) is 64.1 Å². The first-order valence-electron chi connectivity index (χ1n) is 10.8. The molecule has 0 saturated carbocycles. The lowest BCUT2D eigenvalue weighted by atomic mass is 10.1. The highest BCUT2D eigenvalue weighted by Gasteiger charge is 2.33. The van der Waals surface area contributed by atoms with Gasteiger partial charge in [0.2, 0.25) is 21.8 Å². The summed E-state index contributed by atoms with van der Waals surface area (Å²) in [7, 11) is -3.87. The van der Waals surface area contributed by atoms with Gasteiger partial charge in [-0.2, -0.15) is 0 Å². The summed E-state index contributed by atoms with van der Waals surface area (Å²) in [6, 6.07) is 12.7. The van der Waals surface area contributed by atoms with E-state index in [2.05, 4.69) is 5.32 Å². The van der Waals surface area contributed by atoms with Gasteiger partial charge < -0.3 is 10.2 Å². The van der Waals surface area contributed by atoms with E-state index in [1.54, 1.807) is 0 Å². The summed E-state index contributed by atoms with van der Waals surface area (Å²) in [6.07, 6.45) is 1.35. The largest absolute Gasteiger partial charge is 0.350 e. The number of hydrogen-bond donors (Lipinski definition) is 1. The summed E-state index contributed by atoms with van der Waals surface area (Å²) in [5.41, 5.74) is 0.484. The predicted octanol–water partition coefficient (Wildman–Crippen LogP) is 4.48. The SMILES string of the molecule is CC[C@H](C(=O)NC(C)(C)C)N(Cc1ccccc1)C(=O)CN(c1cc(Cl)cc(Cl)c1)S(C)(=O)=O. The van der Waals surface area contributed by atoms with Gasteiger partial charge in [0.05, 0.1) is 11.9 Å². The highest BCUT2D eigenvalue weighted by Crippen LogP contribution is 2.27. The number of amides is 2. The van der Waals surface area contributed by atoms with Gasteiger partial charge in [-0.25, -0.2) is 8.42 Å². The van der Waals surface area contributed by atoms with Crippen LogP contribution in [0.2, 0.25) is 10.0 Å². The van der Waals surface area contributed by atoms with Gasteiger partial charge in [0.15, 0.2) is 0 Å². The first-order valence-corrected chi connectivity index (χ1v) is 13.4. The van der Waals surface area contributed by atoms with Crippen molar-refractivity contribution in [2.45, 2.75) is 52.2 Å². The van der Waals surface area contributed by atoms with Crippen LogP contribution in [0.15, 0.2) is 48.5 Å². The topological polar surface area (TPSA) is 86.8 Å². The van der Waals surface area contributed by atoms with Gasteiger partial charge in [-0.05, 0) is 51.0 Å². The minimum absolute atomic E-state index is 0.143. The number of sulfonamides is 1. The molecule has 0 bridgehead atoms. The molecule has 0 aromatic heterocycles. The highest BCUT2D eigenvalue weighted by molar-refractivity contribution is 7.92. The molecule has 10 heteroatoms. The standard InChI is InChI=1S/C24H31Cl2N3O4S/c1-6-21(23(31)27-24(2,3)4)28(15-17-10-8-7-9-11-17)22(30)16-29(34(5,32)33)20-13-18(25)12-19(26)14-20/h7-14,21H,6,15-16H2,1-5H3,(H,27,31)/t21-/m1/s1. The molecule has 0 unspecified atom stereocenters. The Morgan fingerprint density at radius 2 is 1.59 bits per heavy atom. The molecule has 0 aliphatic carbocycles. The number of nitrogens with zero attached hydrogens (tertiary/aromatic N) is 2. The molecule has 2 rings (SSSR count). The predicted molar refractivity (Wildman–Crippen MR) is 138 cm³/mol. The van der Waals surface area contributed by atoms with Crippen molar-refractivity contribution in [2.75, 3.05) is 17.1 Å². The zero-order chi connectivity index (χ0) is 25.7. The monoisotopic (exact) mass is 527 g/mol. The molecule has 0 radical (unpaired) electrons. The van der Waals surface area contributed by atoms with Crippen LogP contribution in [0.25, 0.3) is 0 Å². The van der Waals surface area contributed by atoms with Crippen LogP contribution in [-0.2, 0) is 26.2 Å². The molecule has 0 saturated heterocycles. The Morgan fingerprint density at radius 3 is 2.06 bits per heavy atom. The summed E-state index contributed by atoms with van der Waals surface area (Å²) >= 11 is 12.1. The number of carbonyl (C=O) groups is 2. The molecule has 186 valence electrons. The minimum Gasteiger partial charge on any atom is -0.350 e. The third kappa shape index (κ3) is 8.18. The van der Waals surface area contributed by atoms with E-state index in [9.17, 15) is 18.0 Å². The fourth-order valence-electron chi connectivity index (χ4n) is 3.45. The van der Waals surface area contributed by atoms with Crippen molar-refractivity contribution >= 4 is 50.7 Å². The Labute approximate surface area is 212 Å². The van der Waals surface area contributed by atoms with Crippen LogP contribution in [0.3, 0.4) is 0 Å². The van der Waals surface area contributed by atoms with Crippen molar-refractivity contribution in [1.29, 1.82) is 0 Å². The first-order chi connectivity index (χ1) is 15.7. The molecule has 0 aliphatic rings. The molecule has 34 heavy (non-hydrogen) atoms. The Bertz CT molecular complexity index is 1100. The number of hydrogen-bond acceptors (Lipinski definition) is 4. The normalized spacial score (nSPS) is 12.7. The van der Waals surface area contributed by atoms with Gasteiger partial charge in [-0.15, -0.1) is 0 Å². The Kier molecular flexibility index (Phi) is 9.39. The molecule has 7 nitrogen and oxygen atoms in total. The summed E-state index contributed by atoms with van der Waals surface area (Å²) in [5, 5.41) is 3.40. The van der Waals surface area contributed by atoms with Crippen LogP contribution in [0.4, 0.5) is 5.69 Å². The summed E-state index contributed by atoms with van der Waals surface area (Å²) in [5.74, 6) is -0.836. The molecule has 0 aliphatic heterocycles. The molecule has 1 atom stereocenters. The van der Waals surface area contributed by atoms with Gasteiger partial charge in [0.25, 0.3) is 0 Å². The van der Waals surface area contributed by atoms with Crippen molar-refractivity contribution < 1.29 is 18.0 Å². The van der Waals surface area contributed by atoms with Crippen molar-refractivity contribution in [3.8, 4) is 0 Å². The van der Waals surface area contributed by atoms with Gasteiger partial charge in [0, 0.05) is 22.1 Å². The number of nitrogens with one attached hydrogen (secondary N) is 1. The molecule has 1 N–H and O–H groups in total. The average Bonchev–Trinajstić information content (AvgIpc) is 2.69. The molecule has 0 spiro atoms. The second-order valence-corrected chi connectivity index (χ2v) is 11.8. The third-order valence-electron chi connectivity index (χ3n) is 4.89. The van der Waals surface area contributed by atoms with Crippen LogP contribution in [0.1, 0.15) is 39.7 Å². The zero-order valence-electron chi connectivity index (χ0n) is 20.0. The fraction of sp³-hybridized carbons (Fsp3) is 0.417. The van der Waals surface area contributed by atoms with Crippen LogP contribution >= 0.6 is 23.2 Å². The molecule has 2 aromatic carbocycles. The van der Waals surface area contributed by atoms with Crippen LogP contribution in [0.5, 0.6) is 0 Å². The Morgan fingerprint density at radius 1 is 1.03 bits per heavy atom. The maximum absolute atomic E-state index is 13.6. The first kappa shape index (κ1) is 28.0. The highest BCUT2D eigenvalue weighted by atomic mass is 35.5. The molecule has 0 heterocycles. The fourth-order valence-corrected chi connectivity index (χ4v) is 4.80. The van der Waals surface area contributed by atoms with E-state index in [1.165, 1.54) is 23.1 Å². The maximum Gasteiger partial charge on any atom is 0.244 e. The third-order valence-corrected chi connectivity index (χ3v) is 6.47. The van der Waals surface area contributed by atoms with E-state index in [0.29, 0.717) is 6.42 Å². The number of halogens is 2. The molecular weight excluding hydrogens is 497 g/mol.